The van der Waals surface area contributed by atoms with Crippen molar-refractivity contribution in [2.45, 2.75) is 39.0 Å². The number of carbonyl (C=O) groups is 2. The Balaban J connectivity index is 1.55. The molecule has 162 valence electrons. The number of carbonyl (C=O) groups excluding carboxylic acids is 2. The number of hydrogen-bond donors (Lipinski definition) is 3. The SMILES string of the molecule is CC(C)(C)c1nnc(NC(=O)Nc2ccc(Oc3cccc(CCC(N)=O)c3)cc2)o1. The first kappa shape index (κ1) is 21.8. The van der Waals surface area contributed by atoms with Gasteiger partial charge in [0.15, 0.2) is 0 Å². The molecule has 0 aliphatic heterocycles. The number of nitrogens with two attached hydrogens (primary N) is 1. The number of hydrogen-bond acceptors (Lipinski definition) is 6. The Kier molecular flexibility index (Phi) is 6.54. The van der Waals surface area contributed by atoms with Crippen LogP contribution in [0.3, 0.4) is 0 Å². The van der Waals surface area contributed by atoms with E-state index in [9.17, 15) is 9.59 Å². The lowest BCUT2D eigenvalue weighted by Crippen LogP contribution is -2.19. The van der Waals surface area contributed by atoms with Crippen molar-refractivity contribution in [3.8, 4) is 11.5 Å². The van der Waals surface area contributed by atoms with Crippen LogP contribution in [0.1, 0.15) is 38.6 Å². The van der Waals surface area contributed by atoms with Gasteiger partial charge in [-0.3, -0.25) is 10.1 Å². The summed E-state index contributed by atoms with van der Waals surface area (Å²) in [7, 11) is 0. The van der Waals surface area contributed by atoms with E-state index in [1.54, 1.807) is 24.3 Å². The van der Waals surface area contributed by atoms with Crippen LogP contribution in [0.2, 0.25) is 0 Å². The number of amides is 3. The van der Waals surface area contributed by atoms with Crippen LogP contribution in [0, 0.1) is 0 Å². The molecule has 3 rings (SSSR count). The summed E-state index contributed by atoms with van der Waals surface area (Å²) in [6, 6.07) is 13.9. The molecular formula is C22H25N5O4. The Morgan fingerprint density at radius 1 is 1.03 bits per heavy atom. The maximum atomic E-state index is 12.1. The molecule has 1 heterocycles. The monoisotopic (exact) mass is 423 g/mol. The molecule has 31 heavy (non-hydrogen) atoms. The number of rotatable bonds is 7. The number of primary amides is 1. The fraction of sp³-hybridized carbons (Fsp3) is 0.273. The van der Waals surface area contributed by atoms with Crippen molar-refractivity contribution in [3.63, 3.8) is 0 Å². The van der Waals surface area contributed by atoms with Gasteiger partial charge in [-0.1, -0.05) is 38.0 Å². The zero-order valence-corrected chi connectivity index (χ0v) is 17.6. The summed E-state index contributed by atoms with van der Waals surface area (Å²) in [5.41, 5.74) is 6.42. The fourth-order valence-electron chi connectivity index (χ4n) is 2.61. The summed E-state index contributed by atoms with van der Waals surface area (Å²) in [4.78, 5) is 23.1. The normalized spacial score (nSPS) is 11.1. The smallest absolute Gasteiger partial charge is 0.327 e. The minimum absolute atomic E-state index is 0.0265. The van der Waals surface area contributed by atoms with Crippen molar-refractivity contribution in [2.75, 3.05) is 10.6 Å². The van der Waals surface area contributed by atoms with Crippen LogP contribution >= 0.6 is 0 Å². The van der Waals surface area contributed by atoms with E-state index in [-0.39, 0.29) is 23.8 Å². The number of nitrogens with zero attached hydrogens (tertiary/aromatic N) is 2. The second-order valence-electron chi connectivity index (χ2n) is 7.98. The van der Waals surface area contributed by atoms with Gasteiger partial charge in [-0.25, -0.2) is 4.79 Å². The standard InChI is InChI=1S/C22H25N5O4/c1-22(2,3)19-26-27-21(31-19)25-20(29)24-15-8-10-16(11-9-15)30-17-6-4-5-14(13-17)7-12-18(23)28/h4-6,8-11,13H,7,12H2,1-3H3,(H2,23,28)(H2,24,25,27,29). The maximum absolute atomic E-state index is 12.1. The molecule has 2 aromatic carbocycles. The zero-order chi connectivity index (χ0) is 22.4. The second-order valence-corrected chi connectivity index (χ2v) is 7.98. The molecule has 0 bridgehead atoms. The number of aromatic nitrogens is 2. The number of ether oxygens (including phenoxy) is 1. The maximum Gasteiger partial charge on any atom is 0.327 e. The first-order chi connectivity index (χ1) is 14.7. The summed E-state index contributed by atoms with van der Waals surface area (Å²) < 4.78 is 11.3. The van der Waals surface area contributed by atoms with Gasteiger partial charge in [0.1, 0.15) is 11.5 Å². The van der Waals surface area contributed by atoms with Crippen molar-refractivity contribution in [1.82, 2.24) is 10.2 Å². The minimum Gasteiger partial charge on any atom is -0.457 e. The fourth-order valence-corrected chi connectivity index (χ4v) is 2.61. The molecule has 0 spiro atoms. The van der Waals surface area contributed by atoms with Gasteiger partial charge in [0.2, 0.25) is 11.8 Å². The van der Waals surface area contributed by atoms with Gasteiger partial charge in [-0.05, 0) is 48.4 Å². The highest BCUT2D eigenvalue weighted by molar-refractivity contribution is 5.98. The van der Waals surface area contributed by atoms with Gasteiger partial charge in [0.25, 0.3) is 0 Å². The van der Waals surface area contributed by atoms with E-state index in [2.05, 4.69) is 20.8 Å². The topological polar surface area (TPSA) is 132 Å². The van der Waals surface area contributed by atoms with Crippen LogP contribution in [0.15, 0.2) is 52.9 Å². The van der Waals surface area contributed by atoms with E-state index in [0.29, 0.717) is 29.5 Å². The summed E-state index contributed by atoms with van der Waals surface area (Å²) >= 11 is 0. The van der Waals surface area contributed by atoms with Gasteiger partial charge < -0.3 is 20.2 Å². The highest BCUT2D eigenvalue weighted by Gasteiger charge is 2.22. The van der Waals surface area contributed by atoms with E-state index in [1.165, 1.54) is 0 Å². The van der Waals surface area contributed by atoms with Crippen molar-refractivity contribution >= 4 is 23.6 Å². The second kappa shape index (κ2) is 9.29. The van der Waals surface area contributed by atoms with Crippen LogP contribution in [-0.2, 0) is 16.6 Å². The number of anilines is 2. The van der Waals surface area contributed by atoms with E-state index < -0.39 is 6.03 Å². The Morgan fingerprint density at radius 2 is 1.77 bits per heavy atom. The van der Waals surface area contributed by atoms with Crippen LogP contribution in [0.4, 0.5) is 16.5 Å². The molecule has 9 nitrogen and oxygen atoms in total. The molecule has 0 saturated carbocycles. The van der Waals surface area contributed by atoms with E-state index in [0.717, 1.165) is 5.56 Å². The molecule has 4 N–H and O–H groups in total. The average Bonchev–Trinajstić information content (AvgIpc) is 3.17. The highest BCUT2D eigenvalue weighted by atomic mass is 16.5. The molecule has 0 radical (unpaired) electrons. The lowest BCUT2D eigenvalue weighted by atomic mass is 9.97. The van der Waals surface area contributed by atoms with Gasteiger partial charge in [-0.15, -0.1) is 5.10 Å². The van der Waals surface area contributed by atoms with Crippen LogP contribution < -0.4 is 21.1 Å². The van der Waals surface area contributed by atoms with Crippen LogP contribution in [-0.4, -0.2) is 22.1 Å². The van der Waals surface area contributed by atoms with Gasteiger partial charge in [0.05, 0.1) is 0 Å². The third-order valence-corrected chi connectivity index (χ3v) is 4.19. The lowest BCUT2D eigenvalue weighted by Gasteiger charge is -2.11. The third kappa shape index (κ3) is 6.56. The van der Waals surface area contributed by atoms with Crippen LogP contribution in [0.5, 0.6) is 11.5 Å². The van der Waals surface area contributed by atoms with E-state index in [4.69, 9.17) is 14.9 Å². The first-order valence-electron chi connectivity index (χ1n) is 9.76. The molecule has 0 aliphatic rings. The summed E-state index contributed by atoms with van der Waals surface area (Å²) in [6.07, 6.45) is 0.842. The number of urea groups is 1. The Morgan fingerprint density at radius 3 is 2.42 bits per heavy atom. The number of aryl methyl sites for hydroxylation is 1. The quantitative estimate of drug-likeness (QED) is 0.521. The molecule has 0 aliphatic carbocycles. The van der Waals surface area contributed by atoms with Crippen LogP contribution in [0.25, 0.3) is 0 Å². The predicted molar refractivity (Wildman–Crippen MR) is 116 cm³/mol. The zero-order valence-electron chi connectivity index (χ0n) is 17.6. The molecule has 3 aromatic rings. The summed E-state index contributed by atoms with van der Waals surface area (Å²) in [5.74, 6) is 1.34. The number of nitrogens with one attached hydrogen (secondary N) is 2. The molecular weight excluding hydrogens is 398 g/mol. The molecule has 1 aromatic heterocycles. The molecule has 0 atom stereocenters. The Labute approximate surface area is 180 Å². The molecule has 0 saturated heterocycles. The molecule has 0 fully saturated rings. The molecule has 9 heteroatoms. The van der Waals surface area contributed by atoms with Gasteiger partial charge in [0, 0.05) is 17.5 Å². The van der Waals surface area contributed by atoms with E-state index in [1.807, 2.05) is 45.0 Å². The summed E-state index contributed by atoms with van der Waals surface area (Å²) in [5, 5.41) is 12.9. The van der Waals surface area contributed by atoms with Gasteiger partial charge >= 0.3 is 12.0 Å². The number of benzene rings is 2. The van der Waals surface area contributed by atoms with Crippen molar-refractivity contribution in [3.05, 3.63) is 60.0 Å². The minimum atomic E-state index is -0.500. The lowest BCUT2D eigenvalue weighted by molar-refractivity contribution is -0.117. The largest absolute Gasteiger partial charge is 0.457 e. The average molecular weight is 423 g/mol. The predicted octanol–water partition coefficient (Wildman–Crippen LogP) is 4.22. The molecule has 0 unspecified atom stereocenters. The third-order valence-electron chi connectivity index (χ3n) is 4.19. The first-order valence-corrected chi connectivity index (χ1v) is 9.76. The molecule has 3 amide bonds. The van der Waals surface area contributed by atoms with Gasteiger partial charge in [-0.2, -0.15) is 0 Å². The highest BCUT2D eigenvalue weighted by Crippen LogP contribution is 2.25. The van der Waals surface area contributed by atoms with Crippen molar-refractivity contribution in [1.29, 1.82) is 0 Å². The Hall–Kier alpha value is -3.88. The van der Waals surface area contributed by atoms with Crippen molar-refractivity contribution < 1.29 is 18.7 Å². The Bertz CT molecular complexity index is 1050. The van der Waals surface area contributed by atoms with Crippen molar-refractivity contribution in [2.24, 2.45) is 5.73 Å². The van der Waals surface area contributed by atoms with E-state index >= 15 is 0 Å². The summed E-state index contributed by atoms with van der Waals surface area (Å²) in [6.45, 7) is 5.81.